The van der Waals surface area contributed by atoms with Crippen molar-refractivity contribution in [2.45, 2.75) is 52.2 Å². The third-order valence-electron chi connectivity index (χ3n) is 5.14. The molecule has 1 atom stereocenters. The minimum Gasteiger partial charge on any atom is -0.489 e. The zero-order chi connectivity index (χ0) is 23.0. The maximum atomic E-state index is 12.5. The van der Waals surface area contributed by atoms with Crippen molar-refractivity contribution >= 4 is 5.97 Å². The number of hydrogen-bond acceptors (Lipinski definition) is 4. The molecule has 4 nitrogen and oxygen atoms in total. The maximum absolute atomic E-state index is 12.5. The van der Waals surface area contributed by atoms with Gasteiger partial charge < -0.3 is 14.2 Å². The topological polar surface area (TPSA) is 44.8 Å². The SMILES string of the molecule is CCOC(=O)C(Cc1ccc(OCc2ccccc2)cc1)Oc1ccc(C(C)(C)C)cc1. The van der Waals surface area contributed by atoms with Crippen LogP contribution in [0.1, 0.15) is 44.4 Å². The molecular weight excluding hydrogens is 400 g/mol. The van der Waals surface area contributed by atoms with E-state index in [2.05, 4.69) is 20.8 Å². The van der Waals surface area contributed by atoms with E-state index in [1.807, 2.05) is 78.9 Å². The molecule has 0 aliphatic carbocycles. The van der Waals surface area contributed by atoms with Crippen molar-refractivity contribution in [2.24, 2.45) is 0 Å². The summed E-state index contributed by atoms with van der Waals surface area (Å²) < 4.78 is 17.1. The lowest BCUT2D eigenvalue weighted by Gasteiger charge is -2.21. The second-order valence-corrected chi connectivity index (χ2v) is 8.76. The average Bonchev–Trinajstić information content (AvgIpc) is 2.79. The largest absolute Gasteiger partial charge is 0.489 e. The van der Waals surface area contributed by atoms with Crippen molar-refractivity contribution < 1.29 is 19.0 Å². The number of rotatable bonds is 9. The van der Waals surface area contributed by atoms with Gasteiger partial charge in [0.25, 0.3) is 0 Å². The molecule has 0 spiro atoms. The van der Waals surface area contributed by atoms with Gasteiger partial charge in [0.15, 0.2) is 6.10 Å². The zero-order valence-corrected chi connectivity index (χ0v) is 19.3. The minimum absolute atomic E-state index is 0.0589. The van der Waals surface area contributed by atoms with Crippen molar-refractivity contribution in [2.75, 3.05) is 6.61 Å². The molecule has 168 valence electrons. The van der Waals surface area contributed by atoms with Crippen LogP contribution in [0, 0.1) is 0 Å². The van der Waals surface area contributed by atoms with Gasteiger partial charge in [-0.1, -0.05) is 75.4 Å². The van der Waals surface area contributed by atoms with Gasteiger partial charge in [-0.3, -0.25) is 0 Å². The number of carbonyl (C=O) groups is 1. The van der Waals surface area contributed by atoms with Gasteiger partial charge in [0, 0.05) is 6.42 Å². The summed E-state index contributed by atoms with van der Waals surface area (Å²) in [6.45, 7) is 9.12. The molecule has 0 heterocycles. The van der Waals surface area contributed by atoms with E-state index in [0.717, 1.165) is 16.9 Å². The van der Waals surface area contributed by atoms with Crippen molar-refractivity contribution in [3.05, 3.63) is 95.6 Å². The third-order valence-corrected chi connectivity index (χ3v) is 5.14. The average molecular weight is 433 g/mol. The lowest BCUT2D eigenvalue weighted by Crippen LogP contribution is -2.31. The van der Waals surface area contributed by atoms with Crippen LogP contribution in [0.25, 0.3) is 0 Å². The Kier molecular flexibility index (Phi) is 7.93. The molecule has 0 N–H and O–H groups in total. The molecule has 0 amide bonds. The van der Waals surface area contributed by atoms with E-state index in [4.69, 9.17) is 14.2 Å². The van der Waals surface area contributed by atoms with Crippen LogP contribution < -0.4 is 9.47 Å². The first-order valence-electron chi connectivity index (χ1n) is 11.0. The number of benzene rings is 3. The standard InChI is InChI=1S/C28H32O4/c1-5-30-27(29)26(32-25-17-13-23(14-18-25)28(2,3)4)19-21-11-15-24(16-12-21)31-20-22-9-7-6-8-10-22/h6-18,26H,5,19-20H2,1-4H3. The number of carbonyl (C=O) groups excluding carboxylic acids is 1. The summed E-state index contributed by atoms with van der Waals surface area (Å²) in [5, 5.41) is 0. The first kappa shape index (κ1) is 23.4. The predicted octanol–water partition coefficient (Wildman–Crippen LogP) is 6.12. The Bertz CT molecular complexity index is 971. The smallest absolute Gasteiger partial charge is 0.347 e. The predicted molar refractivity (Wildman–Crippen MR) is 127 cm³/mol. The van der Waals surface area contributed by atoms with Crippen LogP contribution in [0.2, 0.25) is 0 Å². The molecule has 1 unspecified atom stereocenters. The van der Waals surface area contributed by atoms with Crippen LogP contribution in [-0.4, -0.2) is 18.7 Å². The molecule has 3 aromatic rings. The second kappa shape index (κ2) is 10.9. The quantitative estimate of drug-likeness (QED) is 0.382. The molecule has 3 rings (SSSR count). The van der Waals surface area contributed by atoms with Crippen molar-refractivity contribution in [1.29, 1.82) is 0 Å². The molecule has 0 fully saturated rings. The summed E-state index contributed by atoms with van der Waals surface area (Å²) in [6, 6.07) is 25.7. The molecule has 0 saturated carbocycles. The highest BCUT2D eigenvalue weighted by Crippen LogP contribution is 2.25. The highest BCUT2D eigenvalue weighted by molar-refractivity contribution is 5.75. The second-order valence-electron chi connectivity index (χ2n) is 8.76. The Labute approximate surface area is 191 Å². The van der Waals surface area contributed by atoms with Gasteiger partial charge in [0.2, 0.25) is 0 Å². The van der Waals surface area contributed by atoms with Crippen molar-refractivity contribution in [3.63, 3.8) is 0 Å². The van der Waals surface area contributed by atoms with Crippen molar-refractivity contribution in [3.8, 4) is 11.5 Å². The van der Waals surface area contributed by atoms with Crippen molar-refractivity contribution in [1.82, 2.24) is 0 Å². The van der Waals surface area contributed by atoms with Crippen LogP contribution in [0.4, 0.5) is 0 Å². The van der Waals surface area contributed by atoms with E-state index >= 15 is 0 Å². The van der Waals surface area contributed by atoms with E-state index < -0.39 is 6.10 Å². The first-order chi connectivity index (χ1) is 15.3. The van der Waals surface area contributed by atoms with Gasteiger partial charge >= 0.3 is 5.97 Å². The number of ether oxygens (including phenoxy) is 3. The van der Waals surface area contributed by atoms with Gasteiger partial charge in [-0.2, -0.15) is 0 Å². The van der Waals surface area contributed by atoms with Gasteiger partial charge in [-0.05, 0) is 53.3 Å². The Morgan fingerprint density at radius 3 is 2.03 bits per heavy atom. The summed E-state index contributed by atoms with van der Waals surface area (Å²) in [5.74, 6) is 1.07. The summed E-state index contributed by atoms with van der Waals surface area (Å²) in [5.41, 5.74) is 3.36. The van der Waals surface area contributed by atoms with Crippen LogP contribution in [-0.2, 0) is 28.0 Å². The zero-order valence-electron chi connectivity index (χ0n) is 19.3. The first-order valence-corrected chi connectivity index (χ1v) is 11.0. The fraction of sp³-hybridized carbons (Fsp3) is 0.321. The highest BCUT2D eigenvalue weighted by atomic mass is 16.6. The fourth-order valence-electron chi connectivity index (χ4n) is 3.28. The fourth-order valence-corrected chi connectivity index (χ4v) is 3.28. The summed E-state index contributed by atoms with van der Waals surface area (Å²) in [4.78, 5) is 12.5. The maximum Gasteiger partial charge on any atom is 0.347 e. The minimum atomic E-state index is -0.716. The number of esters is 1. The molecule has 0 bridgehead atoms. The van der Waals surface area contributed by atoms with E-state index in [1.165, 1.54) is 5.56 Å². The molecule has 0 radical (unpaired) electrons. The van der Waals surface area contributed by atoms with Gasteiger partial charge in [0.1, 0.15) is 18.1 Å². The number of hydrogen-bond donors (Lipinski definition) is 0. The van der Waals surface area contributed by atoms with E-state index in [9.17, 15) is 4.79 Å². The van der Waals surface area contributed by atoms with Gasteiger partial charge in [0.05, 0.1) is 6.61 Å². The monoisotopic (exact) mass is 432 g/mol. The Morgan fingerprint density at radius 2 is 1.44 bits per heavy atom. The van der Waals surface area contributed by atoms with E-state index in [0.29, 0.717) is 25.4 Å². The molecular formula is C28H32O4. The molecule has 3 aromatic carbocycles. The summed E-state index contributed by atoms with van der Waals surface area (Å²) in [7, 11) is 0. The van der Waals surface area contributed by atoms with Gasteiger partial charge in [-0.15, -0.1) is 0 Å². The molecule has 32 heavy (non-hydrogen) atoms. The lowest BCUT2D eigenvalue weighted by atomic mass is 9.87. The van der Waals surface area contributed by atoms with Gasteiger partial charge in [-0.25, -0.2) is 4.79 Å². The van der Waals surface area contributed by atoms with E-state index in [-0.39, 0.29) is 11.4 Å². The molecule has 0 aromatic heterocycles. The normalized spacial score (nSPS) is 12.1. The van der Waals surface area contributed by atoms with E-state index in [1.54, 1.807) is 6.92 Å². The van der Waals surface area contributed by atoms with Crippen LogP contribution in [0.5, 0.6) is 11.5 Å². The summed E-state index contributed by atoms with van der Waals surface area (Å²) >= 11 is 0. The Balaban J connectivity index is 1.65. The molecule has 0 saturated heterocycles. The van der Waals surface area contributed by atoms with Crippen LogP contribution in [0.15, 0.2) is 78.9 Å². The summed E-state index contributed by atoms with van der Waals surface area (Å²) in [6.07, 6.45) is -0.301. The molecule has 0 aliphatic rings. The van der Waals surface area contributed by atoms with Crippen LogP contribution >= 0.6 is 0 Å². The molecule has 4 heteroatoms. The Morgan fingerprint density at radius 1 is 0.812 bits per heavy atom. The lowest BCUT2D eigenvalue weighted by molar-refractivity contribution is -0.151. The Hall–Kier alpha value is -3.27. The highest BCUT2D eigenvalue weighted by Gasteiger charge is 2.23. The third kappa shape index (κ3) is 6.88. The van der Waals surface area contributed by atoms with Crippen LogP contribution in [0.3, 0.4) is 0 Å². The molecule has 0 aliphatic heterocycles.